The van der Waals surface area contributed by atoms with Gasteiger partial charge in [0.15, 0.2) is 18.1 Å². The predicted molar refractivity (Wildman–Crippen MR) is 121 cm³/mol. The van der Waals surface area contributed by atoms with Crippen LogP contribution in [-0.4, -0.2) is 42.7 Å². The first-order valence-corrected chi connectivity index (χ1v) is 10.9. The molecular weight excluding hydrogens is 441 g/mol. The number of imide groups is 1. The number of methoxy groups -OCH3 is 1. The number of nitrogens with one attached hydrogen (secondary N) is 1. The molecule has 3 aliphatic rings. The van der Waals surface area contributed by atoms with E-state index in [0.717, 1.165) is 11.4 Å². The summed E-state index contributed by atoms with van der Waals surface area (Å²) in [5.74, 6) is -1.10. The largest absolute Gasteiger partial charge is 0.493 e. The number of nitrogens with zero attached hydrogens (tertiary/aromatic N) is 2. The molecule has 2 aromatic rings. The fourth-order valence-corrected chi connectivity index (χ4v) is 4.92. The van der Waals surface area contributed by atoms with E-state index < -0.39 is 11.7 Å². The van der Waals surface area contributed by atoms with Crippen molar-refractivity contribution in [2.24, 2.45) is 28.8 Å². The molecule has 4 atom stereocenters. The zero-order valence-corrected chi connectivity index (χ0v) is 18.3. The summed E-state index contributed by atoms with van der Waals surface area (Å²) < 4.78 is 24.1. The van der Waals surface area contributed by atoms with Crippen LogP contribution in [0.5, 0.6) is 11.5 Å². The number of amides is 3. The Hall–Kier alpha value is -4.01. The van der Waals surface area contributed by atoms with Crippen LogP contribution in [0.3, 0.4) is 0 Å². The third kappa shape index (κ3) is 3.93. The number of halogens is 1. The first kappa shape index (κ1) is 21.8. The van der Waals surface area contributed by atoms with Gasteiger partial charge in [0.2, 0.25) is 0 Å². The third-order valence-corrected chi connectivity index (χ3v) is 6.42. The number of rotatable bonds is 7. The second kappa shape index (κ2) is 8.74. The van der Waals surface area contributed by atoms with Gasteiger partial charge in [0.25, 0.3) is 17.7 Å². The highest BCUT2D eigenvalue weighted by Gasteiger charge is 2.59. The van der Waals surface area contributed by atoms with Gasteiger partial charge in [-0.3, -0.25) is 14.4 Å². The number of fused-ring (bicyclic) bond motifs is 5. The zero-order valence-electron chi connectivity index (χ0n) is 18.3. The van der Waals surface area contributed by atoms with Gasteiger partial charge in [-0.15, -0.1) is 0 Å². The molecule has 2 aromatic carbocycles. The molecule has 9 heteroatoms. The van der Waals surface area contributed by atoms with Gasteiger partial charge in [0.05, 0.1) is 25.2 Å². The van der Waals surface area contributed by atoms with Crippen LogP contribution in [0.1, 0.15) is 12.0 Å². The molecule has 0 unspecified atom stereocenters. The van der Waals surface area contributed by atoms with Crippen LogP contribution in [0.2, 0.25) is 0 Å². The maximum absolute atomic E-state index is 13.3. The van der Waals surface area contributed by atoms with Crippen molar-refractivity contribution in [2.45, 2.75) is 6.42 Å². The number of hydrazone groups is 1. The van der Waals surface area contributed by atoms with E-state index in [1.807, 2.05) is 12.2 Å². The second-order valence-corrected chi connectivity index (χ2v) is 8.49. The summed E-state index contributed by atoms with van der Waals surface area (Å²) >= 11 is 0. The average molecular weight is 463 g/mol. The van der Waals surface area contributed by atoms with Crippen molar-refractivity contribution in [1.29, 1.82) is 0 Å². The van der Waals surface area contributed by atoms with E-state index in [-0.39, 0.29) is 42.1 Å². The lowest BCUT2D eigenvalue weighted by Crippen LogP contribution is -2.28. The zero-order chi connectivity index (χ0) is 23.8. The summed E-state index contributed by atoms with van der Waals surface area (Å²) in [4.78, 5) is 37.6. The Morgan fingerprint density at radius 1 is 1.12 bits per heavy atom. The lowest BCUT2D eigenvalue weighted by atomic mass is 9.85. The molecule has 5 rings (SSSR count). The quantitative estimate of drug-likeness (QED) is 0.387. The molecule has 8 nitrogen and oxygen atoms in total. The van der Waals surface area contributed by atoms with Gasteiger partial charge < -0.3 is 14.8 Å². The smallest absolute Gasteiger partial charge is 0.262 e. The van der Waals surface area contributed by atoms with E-state index >= 15 is 0 Å². The van der Waals surface area contributed by atoms with Crippen molar-refractivity contribution in [3.05, 3.63) is 66.0 Å². The third-order valence-electron chi connectivity index (χ3n) is 6.42. The van der Waals surface area contributed by atoms with Crippen molar-refractivity contribution < 1.29 is 28.2 Å². The molecule has 1 N–H and O–H groups in total. The van der Waals surface area contributed by atoms with E-state index in [9.17, 15) is 18.8 Å². The Morgan fingerprint density at radius 3 is 2.53 bits per heavy atom. The van der Waals surface area contributed by atoms with Crippen molar-refractivity contribution in [3.8, 4) is 11.5 Å². The standard InChI is InChI=1S/C25H22FN3O5/c1-33-20-9-14(5-8-19(20)34-13-21(30)28-18-4-2-3-17(26)11-18)12-27-29-24(31)22-15-6-7-16(10-15)23(22)25(29)32/h2-9,11-12,15-16,22-23H,10,13H2,1H3,(H,28,30)/t15-,16-,22-,23+/m0/s1. The predicted octanol–water partition coefficient (Wildman–Crippen LogP) is 2.99. The number of carbonyl (C=O) groups is 3. The molecular formula is C25H22FN3O5. The minimum Gasteiger partial charge on any atom is -0.493 e. The maximum Gasteiger partial charge on any atom is 0.262 e. The van der Waals surface area contributed by atoms with Crippen LogP contribution in [0.25, 0.3) is 0 Å². The lowest BCUT2D eigenvalue weighted by Gasteiger charge is -2.13. The highest BCUT2D eigenvalue weighted by atomic mass is 19.1. The molecule has 1 heterocycles. The summed E-state index contributed by atoms with van der Waals surface area (Å²) in [5, 5.41) is 7.69. The summed E-state index contributed by atoms with van der Waals surface area (Å²) in [6, 6.07) is 10.4. The molecule has 1 saturated heterocycles. The number of hydrogen-bond donors (Lipinski definition) is 1. The van der Waals surface area contributed by atoms with Crippen molar-refractivity contribution in [2.75, 3.05) is 19.0 Å². The Kier molecular flexibility index (Phi) is 5.61. The monoisotopic (exact) mass is 463 g/mol. The van der Waals surface area contributed by atoms with Gasteiger partial charge >= 0.3 is 0 Å². The van der Waals surface area contributed by atoms with Crippen LogP contribution in [0.4, 0.5) is 10.1 Å². The van der Waals surface area contributed by atoms with Crippen LogP contribution < -0.4 is 14.8 Å². The highest BCUT2D eigenvalue weighted by Crippen LogP contribution is 2.52. The lowest BCUT2D eigenvalue weighted by molar-refractivity contribution is -0.140. The van der Waals surface area contributed by atoms with Crippen LogP contribution in [-0.2, 0) is 14.4 Å². The minimum absolute atomic E-state index is 0.126. The molecule has 1 aliphatic heterocycles. The molecule has 0 radical (unpaired) electrons. The first-order valence-electron chi connectivity index (χ1n) is 10.9. The number of allylic oxidation sites excluding steroid dienone is 2. The fourth-order valence-electron chi connectivity index (χ4n) is 4.92. The molecule has 3 amide bonds. The molecule has 174 valence electrons. The maximum atomic E-state index is 13.3. The van der Waals surface area contributed by atoms with Crippen molar-refractivity contribution in [1.82, 2.24) is 5.01 Å². The Morgan fingerprint density at radius 2 is 1.85 bits per heavy atom. The summed E-state index contributed by atoms with van der Waals surface area (Å²) in [7, 11) is 1.45. The molecule has 2 bridgehead atoms. The van der Waals surface area contributed by atoms with Crippen LogP contribution >= 0.6 is 0 Å². The van der Waals surface area contributed by atoms with E-state index in [1.54, 1.807) is 24.3 Å². The van der Waals surface area contributed by atoms with E-state index in [1.165, 1.54) is 31.5 Å². The fraction of sp³-hybridized carbons (Fsp3) is 0.280. The Bertz CT molecular complexity index is 1200. The van der Waals surface area contributed by atoms with Gasteiger partial charge in [-0.25, -0.2) is 4.39 Å². The van der Waals surface area contributed by atoms with Gasteiger partial charge in [0.1, 0.15) is 5.82 Å². The van der Waals surface area contributed by atoms with Gasteiger partial charge in [-0.1, -0.05) is 18.2 Å². The normalized spacial score (nSPS) is 24.7. The number of anilines is 1. The highest BCUT2D eigenvalue weighted by molar-refractivity contribution is 6.06. The summed E-state index contributed by atoms with van der Waals surface area (Å²) in [6.07, 6.45) is 6.36. The Labute approximate surface area is 195 Å². The van der Waals surface area contributed by atoms with Gasteiger partial charge in [-0.05, 0) is 60.2 Å². The summed E-state index contributed by atoms with van der Waals surface area (Å²) in [6.45, 7) is -0.309. The number of hydrogen-bond acceptors (Lipinski definition) is 6. The Balaban J connectivity index is 1.22. The topological polar surface area (TPSA) is 97.3 Å². The average Bonchev–Trinajstić information content (AvgIpc) is 3.51. The van der Waals surface area contributed by atoms with E-state index in [2.05, 4.69) is 10.4 Å². The second-order valence-electron chi connectivity index (χ2n) is 8.49. The molecule has 2 fully saturated rings. The molecule has 0 spiro atoms. The SMILES string of the molecule is COc1cc(C=NN2C(=O)[C@@H]3[C@H](C2=O)[C@H]2C=C[C@H]3C2)ccc1OCC(=O)Nc1cccc(F)c1. The molecule has 0 aromatic heterocycles. The minimum atomic E-state index is -0.460. The van der Waals surface area contributed by atoms with Crippen LogP contribution in [0.15, 0.2) is 59.7 Å². The van der Waals surface area contributed by atoms with Crippen molar-refractivity contribution >= 4 is 29.6 Å². The molecule has 2 aliphatic carbocycles. The van der Waals surface area contributed by atoms with Gasteiger partial charge in [0, 0.05) is 5.69 Å². The van der Waals surface area contributed by atoms with E-state index in [4.69, 9.17) is 9.47 Å². The van der Waals surface area contributed by atoms with E-state index in [0.29, 0.717) is 22.7 Å². The van der Waals surface area contributed by atoms with Crippen molar-refractivity contribution in [3.63, 3.8) is 0 Å². The summed E-state index contributed by atoms with van der Waals surface area (Å²) in [5.41, 5.74) is 0.915. The number of ether oxygens (including phenoxy) is 2. The number of carbonyl (C=O) groups excluding carboxylic acids is 3. The van der Waals surface area contributed by atoms with Crippen LogP contribution in [0, 0.1) is 29.5 Å². The van der Waals surface area contributed by atoms with Gasteiger partial charge in [-0.2, -0.15) is 10.1 Å². The molecule has 34 heavy (non-hydrogen) atoms. The first-order chi connectivity index (χ1) is 16.4. The molecule has 1 saturated carbocycles. The number of benzene rings is 2.